The molecule has 0 fully saturated rings. The van der Waals surface area contributed by atoms with E-state index in [0.29, 0.717) is 13.0 Å². The van der Waals surface area contributed by atoms with Crippen molar-refractivity contribution in [3.63, 3.8) is 0 Å². The summed E-state index contributed by atoms with van der Waals surface area (Å²) in [4.78, 5) is 0. The average Bonchev–Trinajstić information content (AvgIpc) is 2.72. The van der Waals surface area contributed by atoms with Crippen molar-refractivity contribution in [1.82, 2.24) is 0 Å². The van der Waals surface area contributed by atoms with Crippen LogP contribution in [0.5, 0.6) is 0 Å². The van der Waals surface area contributed by atoms with Gasteiger partial charge in [-0.25, -0.2) is 4.39 Å². The molecule has 28 heavy (non-hydrogen) atoms. The van der Waals surface area contributed by atoms with Gasteiger partial charge in [0.05, 0.1) is 0 Å². The predicted molar refractivity (Wildman–Crippen MR) is 115 cm³/mol. The second kappa shape index (κ2) is 8.81. The first-order chi connectivity index (χ1) is 13.6. The van der Waals surface area contributed by atoms with Crippen LogP contribution in [0.25, 0.3) is 0 Å². The molecule has 0 aliphatic heterocycles. The normalized spacial score (nSPS) is 19.1. The fourth-order valence-electron chi connectivity index (χ4n) is 3.78. The molecular weight excluding hydrogens is 349 g/mol. The average molecular weight is 375 g/mol. The topological polar surface area (TPSA) is 61.9 Å². The Morgan fingerprint density at radius 1 is 1.14 bits per heavy atom. The van der Waals surface area contributed by atoms with Gasteiger partial charge in [0.2, 0.25) is 0 Å². The van der Waals surface area contributed by atoms with Crippen LogP contribution in [0.3, 0.4) is 0 Å². The Kier molecular flexibility index (Phi) is 6.22. The quantitative estimate of drug-likeness (QED) is 0.437. The van der Waals surface area contributed by atoms with Gasteiger partial charge in [-0.3, -0.25) is 0 Å². The van der Waals surface area contributed by atoms with E-state index in [9.17, 15) is 4.39 Å². The lowest BCUT2D eigenvalue weighted by molar-refractivity contribution is 0.435. The second-order valence-electron chi connectivity index (χ2n) is 7.12. The number of nitrogens with one attached hydrogen (secondary N) is 2. The van der Waals surface area contributed by atoms with Gasteiger partial charge < -0.3 is 16.5 Å². The van der Waals surface area contributed by atoms with E-state index in [1.54, 1.807) is 12.1 Å². The van der Waals surface area contributed by atoms with Crippen LogP contribution in [0.1, 0.15) is 18.4 Å². The molecule has 0 radical (unpaired) electrons. The van der Waals surface area contributed by atoms with Crippen LogP contribution in [-0.4, -0.2) is 12.8 Å². The van der Waals surface area contributed by atoms with E-state index in [4.69, 9.17) is 11.1 Å². The number of nitrogens with two attached hydrogens (primary N) is 1. The van der Waals surface area contributed by atoms with Crippen LogP contribution in [-0.2, 0) is 6.42 Å². The number of hydrogen-bond donors (Lipinski definition) is 3. The smallest absolute Gasteiger partial charge is 0.123 e. The Morgan fingerprint density at radius 3 is 2.46 bits per heavy atom. The largest absolute Gasteiger partial charge is 0.355 e. The lowest BCUT2D eigenvalue weighted by Crippen LogP contribution is -2.30. The van der Waals surface area contributed by atoms with E-state index >= 15 is 0 Å². The Labute approximate surface area is 166 Å². The van der Waals surface area contributed by atoms with Gasteiger partial charge in [-0.15, -0.1) is 6.58 Å². The molecule has 4 heteroatoms. The van der Waals surface area contributed by atoms with Crippen molar-refractivity contribution in [3.8, 4) is 0 Å². The van der Waals surface area contributed by atoms with Crippen LogP contribution in [0, 0.1) is 16.6 Å². The summed E-state index contributed by atoms with van der Waals surface area (Å²) in [6, 6.07) is 16.5. The molecule has 3 rings (SSSR count). The molecule has 0 heterocycles. The van der Waals surface area contributed by atoms with Crippen molar-refractivity contribution >= 4 is 11.9 Å². The predicted octanol–water partition coefficient (Wildman–Crippen LogP) is 5.24. The number of anilines is 1. The number of hydrogen-bond acceptors (Lipinski definition) is 3. The summed E-state index contributed by atoms with van der Waals surface area (Å²) in [5.74, 6) is -0.275. The van der Waals surface area contributed by atoms with Crippen LogP contribution in [0.15, 0.2) is 90.2 Å². The molecular formula is C24H26FN3. The zero-order valence-electron chi connectivity index (χ0n) is 15.9. The van der Waals surface area contributed by atoms with Gasteiger partial charge in [0, 0.05) is 23.0 Å². The standard InChI is InChI=1S/C24H26FN3/c1-2-24(15-18-6-4-3-5-7-18)16-19(17-27)23(14-20(24)12-13-26)28-22-10-8-21(25)9-11-22/h2-11,14,17,27-28H,1,12-13,15-16,26H2. The van der Waals surface area contributed by atoms with Gasteiger partial charge in [0.15, 0.2) is 0 Å². The lowest BCUT2D eigenvalue weighted by Gasteiger charge is -2.38. The maximum absolute atomic E-state index is 13.2. The van der Waals surface area contributed by atoms with Crippen molar-refractivity contribution in [2.24, 2.45) is 11.1 Å². The van der Waals surface area contributed by atoms with E-state index < -0.39 is 0 Å². The van der Waals surface area contributed by atoms with Crippen LogP contribution in [0.2, 0.25) is 0 Å². The summed E-state index contributed by atoms with van der Waals surface area (Å²) in [6.45, 7) is 4.67. The van der Waals surface area contributed by atoms with E-state index in [-0.39, 0.29) is 11.2 Å². The zero-order chi connectivity index (χ0) is 20.0. The third kappa shape index (κ3) is 4.29. The van der Waals surface area contributed by atoms with Crippen molar-refractivity contribution in [2.75, 3.05) is 11.9 Å². The molecule has 1 aliphatic rings. The molecule has 4 N–H and O–H groups in total. The van der Waals surface area contributed by atoms with E-state index in [1.165, 1.54) is 29.5 Å². The Morgan fingerprint density at radius 2 is 1.86 bits per heavy atom. The molecule has 0 saturated carbocycles. The van der Waals surface area contributed by atoms with Crippen molar-refractivity contribution in [2.45, 2.75) is 19.3 Å². The van der Waals surface area contributed by atoms with Crippen LogP contribution < -0.4 is 11.1 Å². The molecule has 0 amide bonds. The van der Waals surface area contributed by atoms with Crippen LogP contribution >= 0.6 is 0 Å². The minimum atomic E-state index is -0.276. The molecule has 1 unspecified atom stereocenters. The Hall–Kier alpha value is -2.98. The monoisotopic (exact) mass is 375 g/mol. The van der Waals surface area contributed by atoms with Crippen molar-refractivity contribution in [3.05, 3.63) is 102 Å². The molecule has 3 nitrogen and oxygen atoms in total. The van der Waals surface area contributed by atoms with Gasteiger partial charge >= 0.3 is 0 Å². The zero-order valence-corrected chi connectivity index (χ0v) is 15.9. The molecule has 1 atom stereocenters. The van der Waals surface area contributed by atoms with Gasteiger partial charge in [-0.1, -0.05) is 42.0 Å². The summed E-state index contributed by atoms with van der Waals surface area (Å²) < 4.78 is 13.2. The minimum Gasteiger partial charge on any atom is -0.355 e. The Bertz CT molecular complexity index is 897. The first kappa shape index (κ1) is 19.8. The number of benzene rings is 2. The third-order valence-electron chi connectivity index (χ3n) is 5.27. The van der Waals surface area contributed by atoms with Crippen molar-refractivity contribution < 1.29 is 4.39 Å². The lowest BCUT2D eigenvalue weighted by atomic mass is 9.67. The van der Waals surface area contributed by atoms with E-state index in [0.717, 1.165) is 29.8 Å². The number of rotatable bonds is 8. The van der Waals surface area contributed by atoms with Gasteiger partial charge in [-0.2, -0.15) is 0 Å². The highest BCUT2D eigenvalue weighted by molar-refractivity contribution is 5.81. The van der Waals surface area contributed by atoms with Crippen molar-refractivity contribution in [1.29, 1.82) is 5.41 Å². The fourth-order valence-corrected chi connectivity index (χ4v) is 3.78. The first-order valence-corrected chi connectivity index (χ1v) is 9.45. The molecule has 2 aromatic carbocycles. The summed E-state index contributed by atoms with van der Waals surface area (Å²) in [6.07, 6.45) is 7.71. The highest BCUT2D eigenvalue weighted by Crippen LogP contribution is 2.44. The minimum absolute atomic E-state index is 0.275. The van der Waals surface area contributed by atoms with E-state index in [1.807, 2.05) is 24.3 Å². The summed E-state index contributed by atoms with van der Waals surface area (Å²) >= 11 is 0. The third-order valence-corrected chi connectivity index (χ3v) is 5.27. The molecule has 0 bridgehead atoms. The molecule has 0 saturated heterocycles. The molecule has 2 aromatic rings. The van der Waals surface area contributed by atoms with E-state index in [2.05, 4.69) is 30.1 Å². The SMILES string of the molecule is C=CC1(Cc2ccccc2)CC(C=N)=C(Nc2ccc(F)cc2)C=C1CCN. The van der Waals surface area contributed by atoms with Crippen LogP contribution in [0.4, 0.5) is 10.1 Å². The van der Waals surface area contributed by atoms with Gasteiger partial charge in [0.25, 0.3) is 0 Å². The van der Waals surface area contributed by atoms with Gasteiger partial charge in [0.1, 0.15) is 5.82 Å². The second-order valence-corrected chi connectivity index (χ2v) is 7.12. The fraction of sp³-hybridized carbons (Fsp3) is 0.208. The molecule has 0 aromatic heterocycles. The highest BCUT2D eigenvalue weighted by Gasteiger charge is 2.35. The molecule has 0 spiro atoms. The van der Waals surface area contributed by atoms with Gasteiger partial charge in [-0.05, 0) is 67.3 Å². The summed E-state index contributed by atoms with van der Waals surface area (Å²) in [5, 5.41) is 11.3. The summed E-state index contributed by atoms with van der Waals surface area (Å²) in [5.41, 5.74) is 10.6. The highest BCUT2D eigenvalue weighted by atomic mass is 19.1. The number of allylic oxidation sites excluding steroid dienone is 3. The number of halogens is 1. The maximum Gasteiger partial charge on any atom is 0.123 e. The summed E-state index contributed by atoms with van der Waals surface area (Å²) in [7, 11) is 0. The Balaban J connectivity index is 1.97. The first-order valence-electron chi connectivity index (χ1n) is 9.45. The maximum atomic E-state index is 13.2. The molecule has 1 aliphatic carbocycles. The molecule has 144 valence electrons.